The molecule has 1 aliphatic heterocycles. The van der Waals surface area contributed by atoms with Gasteiger partial charge < -0.3 is 5.32 Å². The molecule has 0 saturated carbocycles. The third-order valence-electron chi connectivity index (χ3n) is 4.21. The van der Waals surface area contributed by atoms with Gasteiger partial charge in [0.2, 0.25) is 10.0 Å². The molecule has 5 heteroatoms. The molecule has 1 aromatic rings. The molecule has 1 fully saturated rings. The quantitative estimate of drug-likeness (QED) is 0.908. The zero-order valence-corrected chi connectivity index (χ0v) is 14.0. The lowest BCUT2D eigenvalue weighted by Crippen LogP contribution is -2.42. The summed E-state index contributed by atoms with van der Waals surface area (Å²) in [5.41, 5.74) is 2.55. The summed E-state index contributed by atoms with van der Waals surface area (Å²) in [4.78, 5) is 0. The summed E-state index contributed by atoms with van der Waals surface area (Å²) in [5.74, 6) is 0.403. The second kappa shape index (κ2) is 6.90. The third-order valence-corrected chi connectivity index (χ3v) is 5.48. The molecule has 0 amide bonds. The van der Waals surface area contributed by atoms with Crippen LogP contribution < -0.4 is 5.32 Å². The van der Waals surface area contributed by atoms with E-state index in [1.165, 1.54) is 17.4 Å². The Balaban J connectivity index is 1.88. The predicted molar refractivity (Wildman–Crippen MR) is 86.7 cm³/mol. The van der Waals surface area contributed by atoms with Crippen molar-refractivity contribution in [2.45, 2.75) is 32.7 Å². The molecule has 1 aliphatic rings. The lowest BCUT2D eigenvalue weighted by Gasteiger charge is -2.31. The topological polar surface area (TPSA) is 49.4 Å². The number of benzene rings is 1. The van der Waals surface area contributed by atoms with Crippen molar-refractivity contribution in [3.8, 4) is 0 Å². The molecule has 1 saturated heterocycles. The largest absolute Gasteiger partial charge is 0.310 e. The standard InChI is InChI=1S/C16H26N2O2S/c1-13-6-4-8-16(10-13)14(2)17-11-15-7-5-9-18(12-15)21(3,19)20/h4,6,8,10,14-15,17H,5,7,9,11-12H2,1-3H3/t14-,15?/m0/s1. The lowest BCUT2D eigenvalue weighted by molar-refractivity contribution is 0.257. The third kappa shape index (κ3) is 4.80. The zero-order valence-electron chi connectivity index (χ0n) is 13.2. The van der Waals surface area contributed by atoms with Crippen molar-refractivity contribution in [2.24, 2.45) is 5.92 Å². The maximum atomic E-state index is 11.6. The zero-order chi connectivity index (χ0) is 15.5. The number of nitrogens with one attached hydrogen (secondary N) is 1. The van der Waals surface area contributed by atoms with Crippen LogP contribution >= 0.6 is 0 Å². The Kier molecular flexibility index (Phi) is 5.41. The first-order valence-electron chi connectivity index (χ1n) is 7.61. The molecule has 0 aliphatic carbocycles. The number of nitrogens with zero attached hydrogens (tertiary/aromatic N) is 1. The summed E-state index contributed by atoms with van der Waals surface area (Å²) in [7, 11) is -3.05. The number of hydrogen-bond acceptors (Lipinski definition) is 3. The van der Waals surface area contributed by atoms with Crippen molar-refractivity contribution in [3.63, 3.8) is 0 Å². The first kappa shape index (κ1) is 16.5. The molecule has 1 unspecified atom stereocenters. The molecule has 21 heavy (non-hydrogen) atoms. The summed E-state index contributed by atoms with van der Waals surface area (Å²) in [6.45, 7) is 6.43. The SMILES string of the molecule is Cc1cccc([C@H](C)NCC2CCCN(S(C)(=O)=O)C2)c1. The minimum atomic E-state index is -3.05. The van der Waals surface area contributed by atoms with Crippen LogP contribution in [0.25, 0.3) is 0 Å². The number of aryl methyl sites for hydroxylation is 1. The van der Waals surface area contributed by atoms with Gasteiger partial charge >= 0.3 is 0 Å². The van der Waals surface area contributed by atoms with E-state index in [9.17, 15) is 8.42 Å². The van der Waals surface area contributed by atoms with Gasteiger partial charge in [-0.2, -0.15) is 0 Å². The first-order valence-corrected chi connectivity index (χ1v) is 9.46. The lowest BCUT2D eigenvalue weighted by atomic mass is 9.98. The van der Waals surface area contributed by atoms with Crippen LogP contribution in [0.1, 0.15) is 36.9 Å². The van der Waals surface area contributed by atoms with E-state index in [4.69, 9.17) is 0 Å². The van der Waals surface area contributed by atoms with Gasteiger partial charge in [-0.15, -0.1) is 0 Å². The van der Waals surface area contributed by atoms with E-state index in [-0.39, 0.29) is 0 Å². The normalized spacial score (nSPS) is 22.1. The first-order chi connectivity index (χ1) is 9.86. The van der Waals surface area contributed by atoms with Crippen molar-refractivity contribution in [2.75, 3.05) is 25.9 Å². The maximum absolute atomic E-state index is 11.6. The van der Waals surface area contributed by atoms with E-state index in [1.807, 2.05) is 0 Å². The van der Waals surface area contributed by atoms with Gasteiger partial charge in [0.15, 0.2) is 0 Å². The predicted octanol–water partition coefficient (Wildman–Crippen LogP) is 2.32. The molecule has 1 N–H and O–H groups in total. The Morgan fingerprint density at radius 2 is 2.19 bits per heavy atom. The Labute approximate surface area is 128 Å². The van der Waals surface area contributed by atoms with E-state index in [2.05, 4.69) is 43.4 Å². The average Bonchev–Trinajstić information content (AvgIpc) is 2.44. The monoisotopic (exact) mass is 310 g/mol. The van der Waals surface area contributed by atoms with Crippen LogP contribution in [0.2, 0.25) is 0 Å². The highest BCUT2D eigenvalue weighted by atomic mass is 32.2. The van der Waals surface area contributed by atoms with Crippen molar-refractivity contribution >= 4 is 10.0 Å². The minimum absolute atomic E-state index is 0.290. The second-order valence-electron chi connectivity index (χ2n) is 6.17. The van der Waals surface area contributed by atoms with Crippen molar-refractivity contribution in [1.82, 2.24) is 9.62 Å². The fraction of sp³-hybridized carbons (Fsp3) is 0.625. The Morgan fingerprint density at radius 3 is 2.86 bits per heavy atom. The van der Waals surface area contributed by atoms with Crippen LogP contribution in [0.15, 0.2) is 24.3 Å². The number of hydrogen-bond donors (Lipinski definition) is 1. The van der Waals surface area contributed by atoms with Crippen LogP contribution in [0, 0.1) is 12.8 Å². The van der Waals surface area contributed by atoms with Gasteiger partial charge in [0.05, 0.1) is 6.26 Å². The molecule has 2 rings (SSSR count). The summed E-state index contributed by atoms with van der Waals surface area (Å²) in [6.07, 6.45) is 3.36. The second-order valence-corrected chi connectivity index (χ2v) is 8.16. The number of rotatable bonds is 5. The van der Waals surface area contributed by atoms with Crippen molar-refractivity contribution in [3.05, 3.63) is 35.4 Å². The van der Waals surface area contributed by atoms with Gasteiger partial charge in [-0.1, -0.05) is 29.8 Å². The number of piperidine rings is 1. The Hall–Kier alpha value is -0.910. The van der Waals surface area contributed by atoms with Crippen LogP contribution in [-0.2, 0) is 10.0 Å². The smallest absolute Gasteiger partial charge is 0.211 e. The van der Waals surface area contributed by atoms with Gasteiger partial charge in [0.1, 0.15) is 0 Å². The van der Waals surface area contributed by atoms with E-state index in [0.717, 1.165) is 19.4 Å². The van der Waals surface area contributed by atoms with E-state index in [0.29, 0.717) is 25.0 Å². The molecule has 1 aromatic carbocycles. The average molecular weight is 310 g/mol. The van der Waals surface area contributed by atoms with Crippen molar-refractivity contribution < 1.29 is 8.42 Å². The molecule has 1 heterocycles. The van der Waals surface area contributed by atoms with Crippen molar-refractivity contribution in [1.29, 1.82) is 0 Å². The van der Waals surface area contributed by atoms with Crippen LogP contribution in [0.5, 0.6) is 0 Å². The molecule has 0 spiro atoms. The van der Waals surface area contributed by atoms with E-state index < -0.39 is 10.0 Å². The summed E-state index contributed by atoms with van der Waals surface area (Å²) < 4.78 is 24.9. The highest BCUT2D eigenvalue weighted by molar-refractivity contribution is 7.88. The van der Waals surface area contributed by atoms with Crippen LogP contribution in [-0.4, -0.2) is 38.6 Å². The van der Waals surface area contributed by atoms with E-state index >= 15 is 0 Å². The minimum Gasteiger partial charge on any atom is -0.310 e. The molecule has 0 bridgehead atoms. The fourth-order valence-corrected chi connectivity index (χ4v) is 3.84. The molecular weight excluding hydrogens is 284 g/mol. The molecular formula is C16H26N2O2S. The van der Waals surface area contributed by atoms with Gasteiger partial charge in [0.25, 0.3) is 0 Å². The summed E-state index contributed by atoms with van der Waals surface area (Å²) >= 11 is 0. The Bertz CT molecular complexity index is 571. The Morgan fingerprint density at radius 1 is 1.43 bits per heavy atom. The summed E-state index contributed by atoms with van der Waals surface area (Å²) in [5, 5.41) is 3.55. The van der Waals surface area contributed by atoms with E-state index in [1.54, 1.807) is 4.31 Å². The molecule has 2 atom stereocenters. The molecule has 4 nitrogen and oxygen atoms in total. The maximum Gasteiger partial charge on any atom is 0.211 e. The van der Waals surface area contributed by atoms with Gasteiger partial charge in [0, 0.05) is 19.1 Å². The molecule has 118 valence electrons. The number of sulfonamides is 1. The van der Waals surface area contributed by atoms with Gasteiger partial charge in [-0.25, -0.2) is 12.7 Å². The van der Waals surface area contributed by atoms with Gasteiger partial charge in [-0.05, 0) is 44.7 Å². The van der Waals surface area contributed by atoms with Gasteiger partial charge in [-0.3, -0.25) is 0 Å². The molecule has 0 radical (unpaired) electrons. The van der Waals surface area contributed by atoms with Crippen LogP contribution in [0.3, 0.4) is 0 Å². The van der Waals surface area contributed by atoms with Crippen LogP contribution in [0.4, 0.5) is 0 Å². The highest BCUT2D eigenvalue weighted by Gasteiger charge is 2.25. The highest BCUT2D eigenvalue weighted by Crippen LogP contribution is 2.20. The molecule has 0 aromatic heterocycles. The fourth-order valence-electron chi connectivity index (χ4n) is 2.90. The summed E-state index contributed by atoms with van der Waals surface area (Å²) in [6, 6.07) is 8.80.